The average molecular weight is 318 g/mol. The van der Waals surface area contributed by atoms with Crippen LogP contribution in [0.25, 0.3) is 16.4 Å². The van der Waals surface area contributed by atoms with Crippen LogP contribution in [0.1, 0.15) is 44.0 Å². The summed E-state index contributed by atoms with van der Waals surface area (Å²) in [4.78, 5) is 0. The van der Waals surface area contributed by atoms with E-state index in [2.05, 4.69) is 62.4 Å². The van der Waals surface area contributed by atoms with Crippen molar-refractivity contribution in [2.24, 2.45) is 0 Å². The zero-order chi connectivity index (χ0) is 16.7. The highest BCUT2D eigenvalue weighted by molar-refractivity contribution is 5.78. The van der Waals surface area contributed by atoms with Crippen molar-refractivity contribution in [2.75, 3.05) is 0 Å². The largest absolute Gasteiger partial charge is 0.269 e. The summed E-state index contributed by atoms with van der Waals surface area (Å²) < 4.78 is 3.97. The normalized spacial score (nSPS) is 13.2. The Bertz CT molecular complexity index is 960. The topological polar surface area (TPSA) is 35.1 Å². The van der Waals surface area contributed by atoms with Gasteiger partial charge in [0, 0.05) is 29.7 Å². The summed E-state index contributed by atoms with van der Waals surface area (Å²) in [5.41, 5.74) is 4.68. The smallest absolute Gasteiger partial charge is 0.0923 e. The van der Waals surface area contributed by atoms with Crippen LogP contribution in [0, 0.1) is 0 Å². The minimum atomic E-state index is 0.377. The molecule has 0 saturated heterocycles. The van der Waals surface area contributed by atoms with E-state index >= 15 is 0 Å². The second kappa shape index (κ2) is 5.78. The van der Waals surface area contributed by atoms with E-state index in [0.717, 1.165) is 23.1 Å². The molecule has 0 saturated carbocycles. The van der Waals surface area contributed by atoms with Gasteiger partial charge < -0.3 is 0 Å². The molecule has 4 rings (SSSR count). The Morgan fingerprint density at radius 2 is 1.88 bits per heavy atom. The molecule has 0 spiro atoms. The number of benzene rings is 1. The first-order valence-corrected chi connectivity index (χ1v) is 8.52. The first-order chi connectivity index (χ1) is 11.6. The molecule has 3 heterocycles. The zero-order valence-electron chi connectivity index (χ0n) is 14.3. The van der Waals surface area contributed by atoms with Gasteiger partial charge in [-0.25, -0.2) is 4.52 Å². The molecule has 24 heavy (non-hydrogen) atoms. The van der Waals surface area contributed by atoms with Gasteiger partial charge in [0.05, 0.1) is 16.7 Å². The van der Waals surface area contributed by atoms with Crippen molar-refractivity contribution in [2.45, 2.75) is 39.2 Å². The van der Waals surface area contributed by atoms with Crippen LogP contribution in [0.3, 0.4) is 0 Å². The fourth-order valence-electron chi connectivity index (χ4n) is 3.14. The Morgan fingerprint density at radius 3 is 2.67 bits per heavy atom. The van der Waals surface area contributed by atoms with E-state index in [-0.39, 0.29) is 0 Å². The maximum atomic E-state index is 4.70. The molecule has 122 valence electrons. The minimum absolute atomic E-state index is 0.377. The molecule has 0 fully saturated rings. The van der Waals surface area contributed by atoms with Gasteiger partial charge in [-0.15, -0.1) is 0 Å². The monoisotopic (exact) mass is 318 g/mol. The molecule has 0 aliphatic rings. The van der Waals surface area contributed by atoms with Crippen LogP contribution < -0.4 is 0 Å². The maximum absolute atomic E-state index is 4.70. The number of hydrogen-bond acceptors (Lipinski definition) is 2. The van der Waals surface area contributed by atoms with E-state index in [1.807, 2.05) is 27.5 Å². The van der Waals surface area contributed by atoms with E-state index in [0.29, 0.717) is 12.0 Å². The first kappa shape index (κ1) is 14.9. The third kappa shape index (κ3) is 2.68. The molecule has 0 bridgehead atoms. The average Bonchev–Trinajstić information content (AvgIpc) is 3.18. The van der Waals surface area contributed by atoms with Crippen LogP contribution in [0.15, 0.2) is 54.9 Å². The van der Waals surface area contributed by atoms with Crippen molar-refractivity contribution in [1.82, 2.24) is 19.4 Å². The van der Waals surface area contributed by atoms with Crippen molar-refractivity contribution in [3.63, 3.8) is 0 Å². The van der Waals surface area contributed by atoms with Gasteiger partial charge in [0.2, 0.25) is 0 Å². The van der Waals surface area contributed by atoms with Crippen molar-refractivity contribution in [1.29, 1.82) is 0 Å². The van der Waals surface area contributed by atoms with Crippen molar-refractivity contribution >= 4 is 16.4 Å². The molecule has 1 unspecified atom stereocenters. The predicted molar refractivity (Wildman–Crippen MR) is 97.4 cm³/mol. The van der Waals surface area contributed by atoms with Crippen molar-refractivity contribution < 1.29 is 0 Å². The lowest BCUT2D eigenvalue weighted by Crippen LogP contribution is -1.99. The number of rotatable bonds is 4. The van der Waals surface area contributed by atoms with E-state index in [9.17, 15) is 0 Å². The molecule has 4 nitrogen and oxygen atoms in total. The van der Waals surface area contributed by atoms with Gasteiger partial charge in [-0.3, -0.25) is 4.68 Å². The van der Waals surface area contributed by atoms with Gasteiger partial charge in [0.15, 0.2) is 0 Å². The molecule has 0 N–H and O–H groups in total. The number of hydrogen-bond donors (Lipinski definition) is 0. The lowest BCUT2D eigenvalue weighted by Gasteiger charge is -2.08. The lowest BCUT2D eigenvalue weighted by molar-refractivity contribution is 0.537. The van der Waals surface area contributed by atoms with Crippen LogP contribution in [0.2, 0.25) is 0 Å². The summed E-state index contributed by atoms with van der Waals surface area (Å²) in [6, 6.07) is 15.3. The number of fused-ring (bicyclic) bond motifs is 2. The summed E-state index contributed by atoms with van der Waals surface area (Å²) in [6.45, 7) is 6.54. The standard InChI is InChI=1S/C20H22N4/c1-14(2)24-13-17-11-16(7-8-19(17)21-24)10-15(3)20-12-18-6-4-5-9-23(18)22-20/h4-9,11-15H,10H2,1-3H3. The highest BCUT2D eigenvalue weighted by Crippen LogP contribution is 2.23. The SMILES string of the molecule is CC(Cc1ccc2nn(C(C)C)cc2c1)c1cc2ccccn2n1. The van der Waals surface area contributed by atoms with Crippen LogP contribution in [0.5, 0.6) is 0 Å². The van der Waals surface area contributed by atoms with Crippen molar-refractivity contribution in [3.05, 3.63) is 66.1 Å². The molecule has 1 aromatic carbocycles. The molecular weight excluding hydrogens is 296 g/mol. The van der Waals surface area contributed by atoms with E-state index < -0.39 is 0 Å². The Kier molecular flexibility index (Phi) is 3.60. The zero-order valence-corrected chi connectivity index (χ0v) is 14.3. The first-order valence-electron chi connectivity index (χ1n) is 8.52. The third-order valence-electron chi connectivity index (χ3n) is 4.55. The molecule has 0 aliphatic carbocycles. The molecule has 0 radical (unpaired) electrons. The predicted octanol–water partition coefficient (Wildman–Crippen LogP) is 4.61. The lowest BCUT2D eigenvalue weighted by atomic mass is 9.97. The van der Waals surface area contributed by atoms with Gasteiger partial charge >= 0.3 is 0 Å². The Morgan fingerprint density at radius 1 is 1.00 bits per heavy atom. The van der Waals surface area contributed by atoms with E-state index in [1.165, 1.54) is 10.9 Å². The Labute approximate surface area is 141 Å². The van der Waals surface area contributed by atoms with Gasteiger partial charge in [-0.05, 0) is 56.2 Å². The maximum Gasteiger partial charge on any atom is 0.0923 e. The fraction of sp³-hybridized carbons (Fsp3) is 0.300. The van der Waals surface area contributed by atoms with Gasteiger partial charge in [-0.1, -0.05) is 19.1 Å². The van der Waals surface area contributed by atoms with Crippen LogP contribution in [0.4, 0.5) is 0 Å². The molecule has 0 amide bonds. The third-order valence-corrected chi connectivity index (χ3v) is 4.55. The minimum Gasteiger partial charge on any atom is -0.269 e. The molecular formula is C20H22N4. The Balaban J connectivity index is 1.60. The van der Waals surface area contributed by atoms with E-state index in [4.69, 9.17) is 5.10 Å². The fourth-order valence-corrected chi connectivity index (χ4v) is 3.14. The van der Waals surface area contributed by atoms with E-state index in [1.54, 1.807) is 0 Å². The summed E-state index contributed by atoms with van der Waals surface area (Å²) in [7, 11) is 0. The molecule has 3 aromatic heterocycles. The van der Waals surface area contributed by atoms with Gasteiger partial charge in [0.1, 0.15) is 0 Å². The summed E-state index contributed by atoms with van der Waals surface area (Å²) in [5, 5.41) is 10.5. The number of nitrogens with zero attached hydrogens (tertiary/aromatic N) is 4. The highest BCUT2D eigenvalue weighted by atomic mass is 15.3. The molecule has 4 heteroatoms. The summed E-state index contributed by atoms with van der Waals surface area (Å²) in [6.07, 6.45) is 5.11. The quantitative estimate of drug-likeness (QED) is 0.551. The highest BCUT2D eigenvalue weighted by Gasteiger charge is 2.12. The second-order valence-corrected chi connectivity index (χ2v) is 6.84. The second-order valence-electron chi connectivity index (χ2n) is 6.84. The molecule has 0 aliphatic heterocycles. The van der Waals surface area contributed by atoms with Crippen molar-refractivity contribution in [3.8, 4) is 0 Å². The Hall–Kier alpha value is -2.62. The molecule has 1 atom stereocenters. The van der Waals surface area contributed by atoms with Crippen LogP contribution in [-0.4, -0.2) is 19.4 Å². The van der Waals surface area contributed by atoms with Crippen LogP contribution in [-0.2, 0) is 6.42 Å². The molecule has 4 aromatic rings. The number of aromatic nitrogens is 4. The van der Waals surface area contributed by atoms with Gasteiger partial charge in [-0.2, -0.15) is 10.2 Å². The van der Waals surface area contributed by atoms with Gasteiger partial charge in [0.25, 0.3) is 0 Å². The number of pyridine rings is 1. The summed E-state index contributed by atoms with van der Waals surface area (Å²) in [5.74, 6) is 0.377. The summed E-state index contributed by atoms with van der Waals surface area (Å²) >= 11 is 0. The van der Waals surface area contributed by atoms with Crippen LogP contribution >= 0.6 is 0 Å².